The summed E-state index contributed by atoms with van der Waals surface area (Å²) >= 11 is 6.12. The molecule has 1 aliphatic heterocycles. The molecule has 0 saturated carbocycles. The molecule has 3 aromatic carbocycles. The van der Waals surface area contributed by atoms with Crippen LogP contribution in [0.2, 0.25) is 5.02 Å². The van der Waals surface area contributed by atoms with Gasteiger partial charge in [-0.05, 0) is 54.8 Å². The Morgan fingerprint density at radius 1 is 0.967 bits per heavy atom. The third-order valence-electron chi connectivity index (χ3n) is 5.12. The Labute approximate surface area is 181 Å². The number of aryl methyl sites for hydroxylation is 1. The van der Waals surface area contributed by atoms with Crippen LogP contribution in [0.5, 0.6) is 0 Å². The van der Waals surface area contributed by atoms with Gasteiger partial charge in [0, 0.05) is 17.3 Å². The van der Waals surface area contributed by atoms with E-state index in [1.165, 1.54) is 12.1 Å². The van der Waals surface area contributed by atoms with Crippen molar-refractivity contribution in [2.24, 2.45) is 0 Å². The number of carbonyl (C=O) groups is 1. The fourth-order valence-electron chi connectivity index (χ4n) is 3.67. The fourth-order valence-corrected chi connectivity index (χ4v) is 5.28. The van der Waals surface area contributed by atoms with Crippen molar-refractivity contribution in [2.45, 2.75) is 17.7 Å². The summed E-state index contributed by atoms with van der Waals surface area (Å²) in [4.78, 5) is 15.1. The first kappa shape index (κ1) is 20.4. The molecule has 0 atom stereocenters. The van der Waals surface area contributed by atoms with Crippen molar-refractivity contribution in [3.8, 4) is 0 Å². The second-order valence-electron chi connectivity index (χ2n) is 7.08. The molecule has 1 heterocycles. The summed E-state index contributed by atoms with van der Waals surface area (Å²) in [6.07, 6.45) is 1.74. The summed E-state index contributed by atoms with van der Waals surface area (Å²) in [5, 5.41) is 0.400. The van der Waals surface area contributed by atoms with Gasteiger partial charge in [-0.15, -0.1) is 0 Å². The number of anilines is 2. The van der Waals surface area contributed by atoms with Gasteiger partial charge >= 0.3 is 0 Å². The Hall–Kier alpha value is -2.83. The van der Waals surface area contributed by atoms with Crippen molar-refractivity contribution in [1.82, 2.24) is 0 Å². The van der Waals surface area contributed by atoms with Crippen LogP contribution in [0.3, 0.4) is 0 Å². The molecule has 1 aliphatic rings. The molecule has 0 spiro atoms. The zero-order valence-corrected chi connectivity index (χ0v) is 17.8. The maximum atomic E-state index is 13.4. The minimum Gasteiger partial charge on any atom is -0.311 e. The smallest absolute Gasteiger partial charge is 0.264 e. The number of amides is 1. The maximum Gasteiger partial charge on any atom is 0.264 e. The quantitative estimate of drug-likeness (QED) is 0.586. The van der Waals surface area contributed by atoms with Gasteiger partial charge in [0.2, 0.25) is 5.91 Å². The van der Waals surface area contributed by atoms with Gasteiger partial charge in [-0.2, -0.15) is 0 Å². The van der Waals surface area contributed by atoms with E-state index in [1.807, 2.05) is 24.3 Å². The highest BCUT2D eigenvalue weighted by Crippen LogP contribution is 2.29. The highest BCUT2D eigenvalue weighted by Gasteiger charge is 2.30. The van der Waals surface area contributed by atoms with E-state index in [-0.39, 0.29) is 17.3 Å². The van der Waals surface area contributed by atoms with Crippen LogP contribution < -0.4 is 9.21 Å². The van der Waals surface area contributed by atoms with Gasteiger partial charge in [-0.25, -0.2) is 8.42 Å². The van der Waals surface area contributed by atoms with E-state index in [1.54, 1.807) is 47.4 Å². The minimum absolute atomic E-state index is 0.122. The molecule has 0 aromatic heterocycles. The lowest BCUT2D eigenvalue weighted by Crippen LogP contribution is -2.45. The molecular weight excluding hydrogens is 420 g/mol. The van der Waals surface area contributed by atoms with Crippen LogP contribution in [0, 0.1) is 0 Å². The van der Waals surface area contributed by atoms with E-state index in [9.17, 15) is 13.2 Å². The molecule has 30 heavy (non-hydrogen) atoms. The molecule has 0 saturated heterocycles. The third-order valence-corrected chi connectivity index (χ3v) is 7.14. The monoisotopic (exact) mass is 440 g/mol. The highest BCUT2D eigenvalue weighted by molar-refractivity contribution is 7.92. The number of sulfonamides is 1. The highest BCUT2D eigenvalue weighted by atomic mass is 35.5. The van der Waals surface area contributed by atoms with Crippen molar-refractivity contribution in [1.29, 1.82) is 0 Å². The van der Waals surface area contributed by atoms with Crippen LogP contribution in [-0.4, -0.2) is 27.4 Å². The lowest BCUT2D eigenvalue weighted by Gasteiger charge is -2.32. The van der Waals surface area contributed by atoms with Gasteiger partial charge in [0.05, 0.1) is 10.6 Å². The molecular formula is C23H21ClN2O3S. The molecule has 1 amide bonds. The molecule has 4 rings (SSSR count). The number of benzene rings is 3. The Morgan fingerprint density at radius 2 is 1.70 bits per heavy atom. The molecule has 0 fully saturated rings. The number of halogens is 1. The Bertz CT molecular complexity index is 1170. The molecule has 0 radical (unpaired) electrons. The zero-order valence-electron chi connectivity index (χ0n) is 16.2. The van der Waals surface area contributed by atoms with Crippen LogP contribution in [0.1, 0.15) is 12.0 Å². The van der Waals surface area contributed by atoms with Crippen molar-refractivity contribution < 1.29 is 13.2 Å². The molecule has 0 aliphatic carbocycles. The SMILES string of the molecule is O=C(CN(c1cccc(Cl)c1)S(=O)(=O)c1ccccc1)N1CCCc2ccccc21. The van der Waals surface area contributed by atoms with E-state index in [0.717, 1.165) is 28.4 Å². The third kappa shape index (κ3) is 4.06. The van der Waals surface area contributed by atoms with Crippen LogP contribution in [0.4, 0.5) is 11.4 Å². The predicted octanol–water partition coefficient (Wildman–Crippen LogP) is 4.51. The van der Waals surface area contributed by atoms with Crippen LogP contribution in [0.25, 0.3) is 0 Å². The Morgan fingerprint density at radius 3 is 2.47 bits per heavy atom. The van der Waals surface area contributed by atoms with Gasteiger partial charge in [-0.3, -0.25) is 9.10 Å². The summed E-state index contributed by atoms with van der Waals surface area (Å²) in [6, 6.07) is 22.4. The van der Waals surface area contributed by atoms with Gasteiger partial charge in [0.15, 0.2) is 0 Å². The molecule has 7 heteroatoms. The average Bonchev–Trinajstić information content (AvgIpc) is 2.77. The topological polar surface area (TPSA) is 57.7 Å². The number of nitrogens with zero attached hydrogens (tertiary/aromatic N) is 2. The van der Waals surface area contributed by atoms with E-state index in [4.69, 9.17) is 11.6 Å². The summed E-state index contributed by atoms with van der Waals surface area (Å²) in [6.45, 7) is 0.247. The van der Waals surface area contributed by atoms with Crippen molar-refractivity contribution in [3.05, 3.63) is 89.4 Å². The minimum atomic E-state index is -3.95. The van der Waals surface area contributed by atoms with Gasteiger partial charge in [0.25, 0.3) is 10.0 Å². The second-order valence-corrected chi connectivity index (χ2v) is 9.38. The van der Waals surface area contributed by atoms with Crippen molar-refractivity contribution in [2.75, 3.05) is 22.3 Å². The Balaban J connectivity index is 1.72. The molecule has 154 valence electrons. The molecule has 0 bridgehead atoms. The number of fused-ring (bicyclic) bond motifs is 1. The molecule has 3 aromatic rings. The number of para-hydroxylation sites is 1. The average molecular weight is 441 g/mol. The number of rotatable bonds is 5. The lowest BCUT2D eigenvalue weighted by atomic mass is 10.0. The normalized spacial score (nSPS) is 13.6. The Kier molecular flexibility index (Phi) is 5.79. The zero-order chi connectivity index (χ0) is 21.1. The summed E-state index contributed by atoms with van der Waals surface area (Å²) in [5.41, 5.74) is 2.29. The second kappa shape index (κ2) is 8.50. The fraction of sp³-hybridized carbons (Fsp3) is 0.174. The van der Waals surface area contributed by atoms with Gasteiger partial charge in [0.1, 0.15) is 6.54 Å². The van der Waals surface area contributed by atoms with Crippen LogP contribution >= 0.6 is 11.6 Å². The standard InChI is InChI=1S/C23H21ClN2O3S/c24-19-10-6-11-20(16-19)26(30(28,29)21-12-2-1-3-13-21)17-23(27)25-15-7-9-18-8-4-5-14-22(18)25/h1-6,8,10-14,16H,7,9,15,17H2. The molecule has 5 nitrogen and oxygen atoms in total. The van der Waals surface area contributed by atoms with E-state index in [2.05, 4.69) is 0 Å². The summed E-state index contributed by atoms with van der Waals surface area (Å²) in [7, 11) is -3.95. The van der Waals surface area contributed by atoms with E-state index >= 15 is 0 Å². The summed E-state index contributed by atoms with van der Waals surface area (Å²) in [5.74, 6) is -0.276. The predicted molar refractivity (Wildman–Crippen MR) is 120 cm³/mol. The lowest BCUT2D eigenvalue weighted by molar-refractivity contribution is -0.117. The first-order valence-corrected chi connectivity index (χ1v) is 11.5. The van der Waals surface area contributed by atoms with Crippen molar-refractivity contribution >= 4 is 38.9 Å². The van der Waals surface area contributed by atoms with Gasteiger partial charge < -0.3 is 4.90 Å². The maximum absolute atomic E-state index is 13.4. The number of hydrogen-bond acceptors (Lipinski definition) is 3. The van der Waals surface area contributed by atoms with Gasteiger partial charge in [-0.1, -0.05) is 54.1 Å². The molecule has 0 unspecified atom stereocenters. The van der Waals surface area contributed by atoms with Crippen LogP contribution in [-0.2, 0) is 21.2 Å². The van der Waals surface area contributed by atoms with E-state index < -0.39 is 10.0 Å². The van der Waals surface area contributed by atoms with Crippen molar-refractivity contribution in [3.63, 3.8) is 0 Å². The largest absolute Gasteiger partial charge is 0.311 e. The molecule has 0 N–H and O–H groups in total. The van der Waals surface area contributed by atoms with Crippen LogP contribution in [0.15, 0.2) is 83.8 Å². The first-order valence-electron chi connectivity index (χ1n) is 9.68. The van der Waals surface area contributed by atoms with E-state index in [0.29, 0.717) is 17.3 Å². The first-order chi connectivity index (χ1) is 14.5. The number of carbonyl (C=O) groups excluding carboxylic acids is 1. The summed E-state index contributed by atoms with van der Waals surface area (Å²) < 4.78 is 28.0. The number of hydrogen-bond donors (Lipinski definition) is 0.